The van der Waals surface area contributed by atoms with Gasteiger partial charge < -0.3 is 10.6 Å². The summed E-state index contributed by atoms with van der Waals surface area (Å²) >= 11 is 0. The molecule has 18 heavy (non-hydrogen) atoms. The number of aromatic nitrogens is 4. The number of hydrogen-bond acceptors (Lipinski definition) is 4. The molecule has 0 aliphatic heterocycles. The monoisotopic (exact) mass is 248 g/mol. The third-order valence-corrected chi connectivity index (χ3v) is 2.24. The molecule has 0 bridgehead atoms. The van der Waals surface area contributed by atoms with Crippen LogP contribution in [-0.2, 0) is 11.3 Å². The number of carbonyl (C=O) groups excluding carboxylic acids is 2. The maximum atomic E-state index is 11.7. The van der Waals surface area contributed by atoms with E-state index in [0.29, 0.717) is 11.3 Å². The van der Waals surface area contributed by atoms with Crippen molar-refractivity contribution in [1.82, 2.24) is 25.3 Å². The first kappa shape index (κ1) is 11.8. The zero-order valence-electron chi connectivity index (χ0n) is 9.67. The fraction of sp³-hybridized carbons (Fsp3) is 0.200. The molecule has 2 aromatic heterocycles. The van der Waals surface area contributed by atoms with Crippen LogP contribution in [0.25, 0.3) is 0 Å². The molecule has 3 N–H and O–H groups in total. The van der Waals surface area contributed by atoms with Gasteiger partial charge >= 0.3 is 0 Å². The number of aromatic amines is 1. The van der Waals surface area contributed by atoms with Gasteiger partial charge in [-0.25, -0.2) is 0 Å². The van der Waals surface area contributed by atoms with Crippen molar-refractivity contribution in [3.63, 3.8) is 0 Å². The van der Waals surface area contributed by atoms with Crippen LogP contribution in [0, 0.1) is 0 Å². The van der Waals surface area contributed by atoms with E-state index in [-0.39, 0.29) is 18.4 Å². The minimum Gasteiger partial charge on any atom is -0.358 e. The van der Waals surface area contributed by atoms with Gasteiger partial charge in [0, 0.05) is 19.4 Å². The van der Waals surface area contributed by atoms with E-state index in [9.17, 15) is 9.59 Å². The number of likely N-dealkylation sites (N-methyl/N-ethyl adjacent to an activating group) is 1. The van der Waals surface area contributed by atoms with Crippen molar-refractivity contribution in [3.05, 3.63) is 30.4 Å². The Balaban J connectivity index is 1.98. The van der Waals surface area contributed by atoms with Gasteiger partial charge in [0.05, 0.1) is 23.6 Å². The molecule has 0 aromatic carbocycles. The van der Waals surface area contributed by atoms with E-state index in [2.05, 4.69) is 25.9 Å². The van der Waals surface area contributed by atoms with Gasteiger partial charge in [0.25, 0.3) is 5.91 Å². The largest absolute Gasteiger partial charge is 0.358 e. The third-order valence-electron chi connectivity index (χ3n) is 2.24. The van der Waals surface area contributed by atoms with Gasteiger partial charge in [-0.2, -0.15) is 10.2 Å². The molecule has 0 aliphatic rings. The highest BCUT2D eigenvalue weighted by atomic mass is 16.2. The van der Waals surface area contributed by atoms with Crippen LogP contribution < -0.4 is 10.6 Å². The van der Waals surface area contributed by atoms with Gasteiger partial charge in [-0.05, 0) is 0 Å². The van der Waals surface area contributed by atoms with Crippen molar-refractivity contribution in [2.24, 2.45) is 0 Å². The summed E-state index contributed by atoms with van der Waals surface area (Å²) in [7, 11) is 1.55. The van der Waals surface area contributed by atoms with Crippen molar-refractivity contribution in [2.75, 3.05) is 12.4 Å². The molecule has 0 fully saturated rings. The zero-order valence-corrected chi connectivity index (χ0v) is 9.67. The predicted octanol–water partition coefficient (Wildman–Crippen LogP) is -0.396. The van der Waals surface area contributed by atoms with Crippen LogP contribution in [0.2, 0.25) is 0 Å². The molecule has 2 amide bonds. The maximum Gasteiger partial charge on any atom is 0.258 e. The molecule has 0 unspecified atom stereocenters. The summed E-state index contributed by atoms with van der Waals surface area (Å²) in [6.07, 6.45) is 5.96. The van der Waals surface area contributed by atoms with Crippen LogP contribution in [0.3, 0.4) is 0 Å². The Morgan fingerprint density at radius 1 is 1.44 bits per heavy atom. The standard InChI is InChI=1S/C10H12N6O2/c1-11-9(17)6-16-5-8(4-14-16)15-10(18)7-2-12-13-3-7/h2-5H,6H2,1H3,(H,11,17)(H,12,13)(H,15,18). The summed E-state index contributed by atoms with van der Waals surface area (Å²) in [6.45, 7) is 0.109. The minimum atomic E-state index is -0.289. The number of anilines is 1. The lowest BCUT2D eigenvalue weighted by atomic mass is 10.3. The smallest absolute Gasteiger partial charge is 0.258 e. The number of carbonyl (C=O) groups is 2. The second kappa shape index (κ2) is 5.13. The normalized spacial score (nSPS) is 10.1. The second-order valence-corrected chi connectivity index (χ2v) is 3.54. The van der Waals surface area contributed by atoms with Crippen molar-refractivity contribution in [3.8, 4) is 0 Å². The van der Waals surface area contributed by atoms with Gasteiger partial charge in [-0.15, -0.1) is 0 Å². The Morgan fingerprint density at radius 3 is 2.94 bits per heavy atom. The Kier molecular flexibility index (Phi) is 3.37. The van der Waals surface area contributed by atoms with Gasteiger partial charge in [0.1, 0.15) is 6.54 Å². The van der Waals surface area contributed by atoms with Gasteiger partial charge in [-0.1, -0.05) is 0 Å². The van der Waals surface area contributed by atoms with E-state index in [4.69, 9.17) is 0 Å². The number of amides is 2. The summed E-state index contributed by atoms with van der Waals surface area (Å²) in [6, 6.07) is 0. The lowest BCUT2D eigenvalue weighted by molar-refractivity contribution is -0.121. The summed E-state index contributed by atoms with van der Waals surface area (Å²) in [4.78, 5) is 22.8. The Morgan fingerprint density at radius 2 is 2.28 bits per heavy atom. The molecular weight excluding hydrogens is 236 g/mol. The van der Waals surface area contributed by atoms with Crippen LogP contribution >= 0.6 is 0 Å². The van der Waals surface area contributed by atoms with Crippen LogP contribution in [0.4, 0.5) is 5.69 Å². The molecule has 2 rings (SSSR count). The molecule has 2 heterocycles. The molecule has 0 saturated heterocycles. The van der Waals surface area contributed by atoms with E-state index in [1.54, 1.807) is 13.2 Å². The summed E-state index contributed by atoms with van der Waals surface area (Å²) in [5.74, 6) is -0.450. The van der Waals surface area contributed by atoms with Crippen molar-refractivity contribution in [1.29, 1.82) is 0 Å². The highest BCUT2D eigenvalue weighted by Gasteiger charge is 2.09. The fourth-order valence-electron chi connectivity index (χ4n) is 1.32. The first-order valence-electron chi connectivity index (χ1n) is 5.22. The van der Waals surface area contributed by atoms with Crippen molar-refractivity contribution in [2.45, 2.75) is 6.54 Å². The average Bonchev–Trinajstić information content (AvgIpc) is 3.00. The molecule has 0 aliphatic carbocycles. The lowest BCUT2D eigenvalue weighted by Gasteiger charge is -2.00. The minimum absolute atomic E-state index is 0.109. The predicted molar refractivity (Wildman–Crippen MR) is 62.8 cm³/mol. The number of hydrogen-bond donors (Lipinski definition) is 3. The molecule has 2 aromatic rings. The van der Waals surface area contributed by atoms with Gasteiger partial charge in [0.15, 0.2) is 0 Å². The van der Waals surface area contributed by atoms with E-state index < -0.39 is 0 Å². The Labute approximate surface area is 102 Å². The molecule has 0 spiro atoms. The summed E-state index contributed by atoms with van der Waals surface area (Å²) < 4.78 is 1.43. The number of nitrogens with one attached hydrogen (secondary N) is 3. The van der Waals surface area contributed by atoms with Gasteiger partial charge in [-0.3, -0.25) is 19.4 Å². The fourth-order valence-corrected chi connectivity index (χ4v) is 1.32. The molecule has 94 valence electrons. The van der Waals surface area contributed by atoms with Crippen LogP contribution in [0.5, 0.6) is 0 Å². The van der Waals surface area contributed by atoms with Crippen molar-refractivity contribution < 1.29 is 9.59 Å². The van der Waals surface area contributed by atoms with Crippen LogP contribution in [0.15, 0.2) is 24.8 Å². The second-order valence-electron chi connectivity index (χ2n) is 3.54. The Bertz CT molecular complexity index is 544. The van der Waals surface area contributed by atoms with E-state index in [1.165, 1.54) is 23.3 Å². The summed E-state index contributed by atoms with van der Waals surface area (Å²) in [5, 5.41) is 15.3. The highest BCUT2D eigenvalue weighted by Crippen LogP contribution is 2.07. The lowest BCUT2D eigenvalue weighted by Crippen LogP contribution is -2.23. The molecule has 0 saturated carbocycles. The number of rotatable bonds is 4. The molecular formula is C10H12N6O2. The Hall–Kier alpha value is -2.64. The third kappa shape index (κ3) is 2.73. The van der Waals surface area contributed by atoms with Crippen LogP contribution in [0.1, 0.15) is 10.4 Å². The first-order chi connectivity index (χ1) is 8.69. The van der Waals surface area contributed by atoms with Crippen molar-refractivity contribution >= 4 is 17.5 Å². The van der Waals surface area contributed by atoms with E-state index in [1.807, 2.05) is 0 Å². The topological polar surface area (TPSA) is 105 Å². The zero-order chi connectivity index (χ0) is 13.0. The quantitative estimate of drug-likeness (QED) is 0.685. The summed E-state index contributed by atoms with van der Waals surface area (Å²) in [5.41, 5.74) is 0.944. The molecule has 0 atom stereocenters. The van der Waals surface area contributed by atoms with Gasteiger partial charge in [0.2, 0.25) is 5.91 Å². The molecule has 8 heteroatoms. The van der Waals surface area contributed by atoms with E-state index >= 15 is 0 Å². The SMILES string of the molecule is CNC(=O)Cn1cc(NC(=O)c2cn[nH]c2)cn1. The molecule has 8 nitrogen and oxygen atoms in total. The maximum absolute atomic E-state index is 11.7. The highest BCUT2D eigenvalue weighted by molar-refractivity contribution is 6.03. The van der Waals surface area contributed by atoms with Crippen LogP contribution in [-0.4, -0.2) is 38.8 Å². The average molecular weight is 248 g/mol. The number of nitrogens with zero attached hydrogens (tertiary/aromatic N) is 3. The first-order valence-corrected chi connectivity index (χ1v) is 5.22. The van der Waals surface area contributed by atoms with E-state index in [0.717, 1.165) is 0 Å². The molecule has 0 radical (unpaired) electrons. The number of H-pyrrole nitrogens is 1.